The standard InChI is InChI=1S/C10H8NO/c12-8-9-4-3-7-11-6-2-1-5-10(9)11/h1-5,7H,6H2. The largest absolute Gasteiger partial charge is 0.344 e. The lowest BCUT2D eigenvalue weighted by atomic mass is 10.1. The van der Waals surface area contributed by atoms with Crippen molar-refractivity contribution in [2.45, 2.75) is 0 Å². The van der Waals surface area contributed by atoms with Crippen molar-refractivity contribution in [3.05, 3.63) is 47.9 Å². The predicted octanol–water partition coefficient (Wildman–Crippen LogP) is 1.31. The number of hydrogen-bond donors (Lipinski definition) is 0. The van der Waals surface area contributed by atoms with E-state index in [2.05, 4.69) is 0 Å². The van der Waals surface area contributed by atoms with Crippen LogP contribution in [0, 0.1) is 0 Å². The summed E-state index contributed by atoms with van der Waals surface area (Å²) in [5.41, 5.74) is 1.57. The molecule has 59 valence electrons. The molecule has 0 fully saturated rings. The third-order valence-electron chi connectivity index (χ3n) is 1.92. The molecule has 2 aliphatic heterocycles. The van der Waals surface area contributed by atoms with Gasteiger partial charge in [-0.25, -0.2) is 0 Å². The van der Waals surface area contributed by atoms with Gasteiger partial charge in [-0.15, -0.1) is 0 Å². The maximum atomic E-state index is 10.5. The maximum Gasteiger partial charge on any atom is 0.235 e. The van der Waals surface area contributed by atoms with Crippen LogP contribution in [0.3, 0.4) is 0 Å². The van der Waals surface area contributed by atoms with Crippen LogP contribution in [0.5, 0.6) is 0 Å². The highest BCUT2D eigenvalue weighted by Gasteiger charge is 2.14. The minimum absolute atomic E-state index is 0.627. The van der Waals surface area contributed by atoms with E-state index >= 15 is 0 Å². The van der Waals surface area contributed by atoms with Crippen LogP contribution in [-0.2, 0) is 4.79 Å². The summed E-state index contributed by atoms with van der Waals surface area (Å²) in [6, 6.07) is 0. The highest BCUT2D eigenvalue weighted by molar-refractivity contribution is 5.82. The van der Waals surface area contributed by atoms with E-state index in [4.69, 9.17) is 0 Å². The van der Waals surface area contributed by atoms with Gasteiger partial charge in [0.05, 0.1) is 5.70 Å². The second-order valence-electron chi connectivity index (χ2n) is 2.66. The molecule has 0 bridgehead atoms. The molecule has 0 aromatic heterocycles. The van der Waals surface area contributed by atoms with Crippen LogP contribution in [-0.4, -0.2) is 17.7 Å². The average Bonchev–Trinajstić information content (AvgIpc) is 2.17. The van der Waals surface area contributed by atoms with E-state index < -0.39 is 0 Å². The normalized spacial score (nSPS) is 19.8. The van der Waals surface area contributed by atoms with Gasteiger partial charge in [-0.05, 0) is 18.2 Å². The van der Waals surface area contributed by atoms with Gasteiger partial charge in [-0.1, -0.05) is 12.2 Å². The Labute approximate surface area is 71.2 Å². The van der Waals surface area contributed by atoms with Crippen LogP contribution in [0.25, 0.3) is 0 Å². The molecule has 0 saturated carbocycles. The summed E-state index contributed by atoms with van der Waals surface area (Å²) in [7, 11) is 0. The molecule has 0 spiro atoms. The lowest BCUT2D eigenvalue weighted by Gasteiger charge is -2.26. The topological polar surface area (TPSA) is 20.3 Å². The zero-order chi connectivity index (χ0) is 8.39. The van der Waals surface area contributed by atoms with Crippen molar-refractivity contribution in [3.8, 4) is 0 Å². The predicted molar refractivity (Wildman–Crippen MR) is 46.8 cm³/mol. The third-order valence-corrected chi connectivity index (χ3v) is 1.92. The van der Waals surface area contributed by atoms with Gasteiger partial charge in [-0.3, -0.25) is 4.79 Å². The Bertz CT molecular complexity index is 321. The van der Waals surface area contributed by atoms with Crippen LogP contribution >= 0.6 is 0 Å². The van der Waals surface area contributed by atoms with Crippen LogP contribution in [0.1, 0.15) is 0 Å². The van der Waals surface area contributed by atoms with Gasteiger partial charge in [0.15, 0.2) is 0 Å². The van der Waals surface area contributed by atoms with E-state index in [1.54, 1.807) is 6.08 Å². The smallest absolute Gasteiger partial charge is 0.235 e. The van der Waals surface area contributed by atoms with Gasteiger partial charge in [-0.2, -0.15) is 0 Å². The van der Waals surface area contributed by atoms with Crippen molar-refractivity contribution in [3.63, 3.8) is 0 Å². The van der Waals surface area contributed by atoms with Crippen LogP contribution < -0.4 is 0 Å². The lowest BCUT2D eigenvalue weighted by Crippen LogP contribution is -2.22. The molecule has 0 aromatic carbocycles. The number of carbonyl (C=O) groups excluding carboxylic acids is 1. The molecule has 2 rings (SSSR count). The zero-order valence-electron chi connectivity index (χ0n) is 6.53. The second-order valence-corrected chi connectivity index (χ2v) is 2.66. The number of fused-ring (bicyclic) bond motifs is 1. The molecule has 2 nitrogen and oxygen atoms in total. The van der Waals surface area contributed by atoms with Gasteiger partial charge >= 0.3 is 0 Å². The van der Waals surface area contributed by atoms with E-state index in [9.17, 15) is 4.79 Å². The molecule has 0 unspecified atom stereocenters. The molecular weight excluding hydrogens is 150 g/mol. The summed E-state index contributed by atoms with van der Waals surface area (Å²) >= 11 is 0. The molecule has 0 aliphatic carbocycles. The Morgan fingerprint density at radius 2 is 2.25 bits per heavy atom. The van der Waals surface area contributed by atoms with Crippen LogP contribution in [0.4, 0.5) is 0 Å². The minimum atomic E-state index is 0.627. The summed E-state index contributed by atoms with van der Waals surface area (Å²) in [5, 5.41) is 0. The van der Waals surface area contributed by atoms with Crippen molar-refractivity contribution in [1.82, 2.24) is 4.90 Å². The molecule has 1 radical (unpaired) electrons. The maximum absolute atomic E-state index is 10.5. The van der Waals surface area contributed by atoms with Gasteiger partial charge in [0, 0.05) is 18.3 Å². The highest BCUT2D eigenvalue weighted by atomic mass is 16.1. The molecule has 2 aliphatic rings. The molecular formula is C10H8NO. The summed E-state index contributed by atoms with van der Waals surface area (Å²) in [6.07, 6.45) is 13.4. The Kier molecular flexibility index (Phi) is 1.67. The number of rotatable bonds is 1. The highest BCUT2D eigenvalue weighted by Crippen LogP contribution is 2.21. The Morgan fingerprint density at radius 1 is 1.33 bits per heavy atom. The van der Waals surface area contributed by atoms with Crippen molar-refractivity contribution in [1.29, 1.82) is 0 Å². The quantitative estimate of drug-likeness (QED) is 0.573. The molecule has 12 heavy (non-hydrogen) atoms. The average molecular weight is 158 g/mol. The summed E-state index contributed by atoms with van der Waals surface area (Å²) in [5.74, 6) is 0. The zero-order valence-corrected chi connectivity index (χ0v) is 6.53. The molecule has 2 heterocycles. The van der Waals surface area contributed by atoms with E-state index in [0.717, 1.165) is 12.2 Å². The fourth-order valence-corrected chi connectivity index (χ4v) is 1.33. The lowest BCUT2D eigenvalue weighted by molar-refractivity contribution is 0.512. The Balaban J connectivity index is 2.41. The van der Waals surface area contributed by atoms with Crippen LogP contribution in [0.15, 0.2) is 47.9 Å². The summed E-state index contributed by atoms with van der Waals surface area (Å²) < 4.78 is 0. The Hall–Kier alpha value is -1.57. The van der Waals surface area contributed by atoms with Crippen molar-refractivity contribution in [2.75, 3.05) is 6.54 Å². The first-order chi connectivity index (χ1) is 5.92. The molecule has 0 atom stereocenters. The van der Waals surface area contributed by atoms with Crippen molar-refractivity contribution < 1.29 is 4.79 Å². The first-order valence-corrected chi connectivity index (χ1v) is 3.82. The van der Waals surface area contributed by atoms with Gasteiger partial charge in [0.2, 0.25) is 6.29 Å². The third kappa shape index (κ3) is 1.01. The minimum Gasteiger partial charge on any atom is -0.344 e. The summed E-state index contributed by atoms with van der Waals surface area (Å²) in [4.78, 5) is 12.5. The van der Waals surface area contributed by atoms with Gasteiger partial charge < -0.3 is 4.90 Å². The number of nitrogens with zero attached hydrogens (tertiary/aromatic N) is 1. The van der Waals surface area contributed by atoms with Crippen molar-refractivity contribution >= 4 is 6.29 Å². The monoisotopic (exact) mass is 158 g/mol. The molecule has 0 aromatic rings. The van der Waals surface area contributed by atoms with E-state index in [1.807, 2.05) is 41.7 Å². The van der Waals surface area contributed by atoms with Gasteiger partial charge in [0.1, 0.15) is 0 Å². The van der Waals surface area contributed by atoms with E-state index in [1.165, 1.54) is 0 Å². The first-order valence-electron chi connectivity index (χ1n) is 3.82. The summed E-state index contributed by atoms with van der Waals surface area (Å²) in [6.45, 7) is 0.835. The van der Waals surface area contributed by atoms with E-state index in [-0.39, 0.29) is 0 Å². The van der Waals surface area contributed by atoms with Crippen LogP contribution in [0.2, 0.25) is 0 Å². The first kappa shape index (κ1) is 7.10. The fraction of sp³-hybridized carbons (Fsp3) is 0.100. The number of hydrogen-bond acceptors (Lipinski definition) is 2. The SMILES string of the molecule is O=[C]C1=CC=CN2CC=CC=C12. The van der Waals surface area contributed by atoms with Gasteiger partial charge in [0.25, 0.3) is 0 Å². The Morgan fingerprint density at radius 3 is 3.08 bits per heavy atom. The molecule has 0 amide bonds. The molecule has 0 saturated heterocycles. The van der Waals surface area contributed by atoms with E-state index in [0.29, 0.717) is 5.57 Å². The fourth-order valence-electron chi connectivity index (χ4n) is 1.33. The second kappa shape index (κ2) is 2.81. The van der Waals surface area contributed by atoms with Crippen molar-refractivity contribution in [2.24, 2.45) is 0 Å². The molecule has 2 heteroatoms. The molecule has 0 N–H and O–H groups in total. The number of allylic oxidation sites excluding steroid dienone is 5.